The Morgan fingerprint density at radius 3 is 2.32 bits per heavy atom. The summed E-state index contributed by atoms with van der Waals surface area (Å²) in [5.74, 6) is 1.67. The Bertz CT molecular complexity index is 1570. The van der Waals surface area contributed by atoms with Crippen LogP contribution in [0.5, 0.6) is 23.0 Å². The zero-order valence-corrected chi connectivity index (χ0v) is 23.0. The lowest BCUT2D eigenvalue weighted by atomic mass is 9.95. The lowest BCUT2D eigenvalue weighted by Crippen LogP contribution is -2.40. The lowest BCUT2D eigenvalue weighted by Gasteiger charge is -2.25. The van der Waals surface area contributed by atoms with Gasteiger partial charge >= 0.3 is 5.97 Å². The molecule has 38 heavy (non-hydrogen) atoms. The molecule has 1 aromatic heterocycles. The molecular formula is C28H30N2O7S. The standard InChI is InChI=1S/C28H30N2O7S/c1-7-36-22-15-18(10-12-20(22)34-5)25-24(27(32)37-8-2)16(3)29-28-30(25)26(31)23(38-28)14-17-9-11-19(33-4)21(13-17)35-6/h9-15,25H,7-8H2,1-6H3/b23-14-. The molecule has 2 heterocycles. The summed E-state index contributed by atoms with van der Waals surface area (Å²) in [7, 11) is 4.68. The van der Waals surface area contributed by atoms with E-state index in [0.29, 0.717) is 55.8 Å². The van der Waals surface area contributed by atoms with E-state index in [4.69, 9.17) is 23.7 Å². The molecule has 4 rings (SSSR count). The highest BCUT2D eigenvalue weighted by atomic mass is 32.1. The fourth-order valence-electron chi connectivity index (χ4n) is 4.33. The van der Waals surface area contributed by atoms with Crippen molar-refractivity contribution >= 4 is 23.4 Å². The van der Waals surface area contributed by atoms with Crippen molar-refractivity contribution in [1.82, 2.24) is 4.57 Å². The molecule has 1 aliphatic rings. The van der Waals surface area contributed by atoms with Gasteiger partial charge in [-0.15, -0.1) is 0 Å². The second-order valence-electron chi connectivity index (χ2n) is 8.26. The number of benzene rings is 2. The molecule has 10 heteroatoms. The van der Waals surface area contributed by atoms with Crippen molar-refractivity contribution in [2.45, 2.75) is 26.8 Å². The highest BCUT2D eigenvalue weighted by Crippen LogP contribution is 2.36. The lowest BCUT2D eigenvalue weighted by molar-refractivity contribution is -0.139. The number of fused-ring (bicyclic) bond motifs is 1. The Morgan fingerprint density at radius 1 is 0.974 bits per heavy atom. The molecule has 9 nitrogen and oxygen atoms in total. The fourth-order valence-corrected chi connectivity index (χ4v) is 5.38. The summed E-state index contributed by atoms with van der Waals surface area (Å²) in [6.45, 7) is 5.98. The Morgan fingerprint density at radius 2 is 1.66 bits per heavy atom. The van der Waals surface area contributed by atoms with E-state index >= 15 is 0 Å². The van der Waals surface area contributed by atoms with Crippen molar-refractivity contribution in [2.75, 3.05) is 34.5 Å². The van der Waals surface area contributed by atoms with Crippen molar-refractivity contribution < 1.29 is 28.5 Å². The van der Waals surface area contributed by atoms with Gasteiger partial charge in [0.05, 0.1) is 56.4 Å². The quantitative estimate of drug-likeness (QED) is 0.386. The van der Waals surface area contributed by atoms with Crippen LogP contribution in [0.15, 0.2) is 57.5 Å². The third-order valence-electron chi connectivity index (χ3n) is 6.03. The van der Waals surface area contributed by atoms with Gasteiger partial charge in [0, 0.05) is 0 Å². The second kappa shape index (κ2) is 11.6. The maximum atomic E-state index is 13.8. The molecule has 200 valence electrons. The number of rotatable bonds is 9. The van der Waals surface area contributed by atoms with Crippen LogP contribution >= 0.6 is 11.3 Å². The van der Waals surface area contributed by atoms with Gasteiger partial charge in [0.2, 0.25) is 0 Å². The minimum absolute atomic E-state index is 0.193. The molecule has 0 saturated heterocycles. The monoisotopic (exact) mass is 538 g/mol. The van der Waals surface area contributed by atoms with Crippen LogP contribution < -0.4 is 33.8 Å². The zero-order chi connectivity index (χ0) is 27.4. The van der Waals surface area contributed by atoms with Crippen molar-refractivity contribution in [3.63, 3.8) is 0 Å². The SMILES string of the molecule is CCOC(=O)C1=C(C)N=c2s/c(=C\c3ccc(OC)c(OC)c3)c(=O)n2C1c1ccc(OC)c(OCC)c1. The van der Waals surface area contributed by atoms with Crippen molar-refractivity contribution in [3.8, 4) is 23.0 Å². The third-order valence-corrected chi connectivity index (χ3v) is 7.01. The maximum Gasteiger partial charge on any atom is 0.338 e. The number of carbonyl (C=O) groups excluding carboxylic acids is 1. The number of allylic oxidation sites excluding steroid dienone is 1. The van der Waals surface area contributed by atoms with Crippen LogP contribution in [0, 0.1) is 0 Å². The van der Waals surface area contributed by atoms with Crippen LogP contribution in [0.25, 0.3) is 6.08 Å². The number of esters is 1. The van der Waals surface area contributed by atoms with Crippen LogP contribution in [0.3, 0.4) is 0 Å². The van der Waals surface area contributed by atoms with Crippen LogP contribution in [-0.4, -0.2) is 45.1 Å². The Labute approximate surface area is 224 Å². The van der Waals surface area contributed by atoms with E-state index in [9.17, 15) is 9.59 Å². The highest BCUT2D eigenvalue weighted by Gasteiger charge is 2.34. The zero-order valence-electron chi connectivity index (χ0n) is 22.2. The van der Waals surface area contributed by atoms with E-state index in [1.165, 1.54) is 15.9 Å². The molecule has 0 saturated carbocycles. The summed E-state index contributed by atoms with van der Waals surface area (Å²) >= 11 is 1.25. The van der Waals surface area contributed by atoms with Gasteiger partial charge in [0.15, 0.2) is 27.8 Å². The van der Waals surface area contributed by atoms with Crippen molar-refractivity contribution in [1.29, 1.82) is 0 Å². The Kier molecular flexibility index (Phi) is 8.21. The van der Waals surface area contributed by atoms with Gasteiger partial charge in [-0.25, -0.2) is 9.79 Å². The molecule has 0 N–H and O–H groups in total. The maximum absolute atomic E-state index is 13.8. The Balaban J connectivity index is 1.94. The molecule has 3 aromatic rings. The smallest absolute Gasteiger partial charge is 0.338 e. The molecule has 1 unspecified atom stereocenters. The normalized spacial score (nSPS) is 15.0. The first kappa shape index (κ1) is 27.0. The molecular weight excluding hydrogens is 508 g/mol. The predicted octanol–water partition coefficient (Wildman–Crippen LogP) is 3.22. The van der Waals surface area contributed by atoms with E-state index in [1.54, 1.807) is 65.5 Å². The molecule has 0 fully saturated rings. The topological polar surface area (TPSA) is 97.6 Å². The predicted molar refractivity (Wildman–Crippen MR) is 144 cm³/mol. The van der Waals surface area contributed by atoms with Gasteiger partial charge in [0.1, 0.15) is 0 Å². The van der Waals surface area contributed by atoms with Gasteiger partial charge in [-0.05, 0) is 62.2 Å². The summed E-state index contributed by atoms with van der Waals surface area (Å²) in [5, 5.41) is 0. The number of hydrogen-bond acceptors (Lipinski definition) is 9. The number of thiazole rings is 1. The molecule has 2 aromatic carbocycles. The minimum Gasteiger partial charge on any atom is -0.493 e. The molecule has 0 bridgehead atoms. The largest absolute Gasteiger partial charge is 0.493 e. The number of nitrogens with zero attached hydrogens (tertiary/aromatic N) is 2. The first-order valence-corrected chi connectivity index (χ1v) is 12.9. The van der Waals surface area contributed by atoms with E-state index in [-0.39, 0.29) is 12.2 Å². The van der Waals surface area contributed by atoms with Crippen LogP contribution in [0.1, 0.15) is 37.9 Å². The van der Waals surface area contributed by atoms with Crippen molar-refractivity contribution in [3.05, 3.63) is 78.5 Å². The van der Waals surface area contributed by atoms with Gasteiger partial charge in [-0.3, -0.25) is 9.36 Å². The number of methoxy groups -OCH3 is 3. The number of aromatic nitrogens is 1. The summed E-state index contributed by atoms with van der Waals surface area (Å²) < 4.78 is 29.3. The van der Waals surface area contributed by atoms with E-state index < -0.39 is 12.0 Å². The third kappa shape index (κ3) is 5.04. The summed E-state index contributed by atoms with van der Waals surface area (Å²) in [6, 6.07) is 10.0. The minimum atomic E-state index is -0.761. The fraction of sp³-hybridized carbons (Fsp3) is 0.321. The van der Waals surface area contributed by atoms with Gasteiger partial charge < -0.3 is 23.7 Å². The molecule has 0 spiro atoms. The molecule has 0 amide bonds. The number of hydrogen-bond donors (Lipinski definition) is 0. The average molecular weight is 539 g/mol. The van der Waals surface area contributed by atoms with Crippen LogP contribution in [0.2, 0.25) is 0 Å². The van der Waals surface area contributed by atoms with Crippen LogP contribution in [0.4, 0.5) is 0 Å². The van der Waals surface area contributed by atoms with E-state index in [0.717, 1.165) is 5.56 Å². The van der Waals surface area contributed by atoms with E-state index in [2.05, 4.69) is 4.99 Å². The van der Waals surface area contributed by atoms with Crippen LogP contribution in [-0.2, 0) is 9.53 Å². The molecule has 1 aliphatic heterocycles. The Hall–Kier alpha value is -4.05. The number of carbonyl (C=O) groups is 1. The molecule has 0 aliphatic carbocycles. The van der Waals surface area contributed by atoms with Gasteiger partial charge in [-0.1, -0.05) is 23.5 Å². The molecule has 1 atom stereocenters. The first-order chi connectivity index (χ1) is 18.4. The average Bonchev–Trinajstić information content (AvgIpc) is 3.21. The van der Waals surface area contributed by atoms with Gasteiger partial charge in [-0.2, -0.15) is 0 Å². The van der Waals surface area contributed by atoms with E-state index in [1.807, 2.05) is 19.1 Å². The summed E-state index contributed by atoms with van der Waals surface area (Å²) in [6.07, 6.45) is 1.77. The van der Waals surface area contributed by atoms with Crippen molar-refractivity contribution in [2.24, 2.45) is 4.99 Å². The highest BCUT2D eigenvalue weighted by molar-refractivity contribution is 7.07. The number of ether oxygens (including phenoxy) is 5. The van der Waals surface area contributed by atoms with Gasteiger partial charge in [0.25, 0.3) is 5.56 Å². The first-order valence-electron chi connectivity index (χ1n) is 12.1. The summed E-state index contributed by atoms with van der Waals surface area (Å²) in [5.41, 5.74) is 1.93. The second-order valence-corrected chi connectivity index (χ2v) is 9.27. The summed E-state index contributed by atoms with van der Waals surface area (Å²) in [4.78, 5) is 32.1. The molecule has 0 radical (unpaired) electrons.